The van der Waals surface area contributed by atoms with E-state index in [0.29, 0.717) is 17.7 Å². The van der Waals surface area contributed by atoms with Gasteiger partial charge in [0.1, 0.15) is 4.90 Å². The fourth-order valence-corrected chi connectivity index (χ4v) is 5.24. The van der Waals surface area contributed by atoms with Crippen LogP contribution in [0.5, 0.6) is 0 Å². The number of fused-ring (bicyclic) bond motifs is 1. The first-order chi connectivity index (χ1) is 14.8. The quantitative estimate of drug-likeness (QED) is 0.432. The van der Waals surface area contributed by atoms with Crippen LogP contribution < -0.4 is 9.21 Å². The minimum absolute atomic E-state index is 0.0300. The van der Waals surface area contributed by atoms with E-state index in [1.807, 2.05) is 6.92 Å². The Bertz CT molecular complexity index is 1270. The Labute approximate surface area is 179 Å². The summed E-state index contributed by atoms with van der Waals surface area (Å²) in [7, 11) is -4.11. The third-order valence-electron chi connectivity index (χ3n) is 5.16. The summed E-state index contributed by atoms with van der Waals surface area (Å²) in [6.07, 6.45) is 0.555. The number of amides is 2. The van der Waals surface area contributed by atoms with E-state index >= 15 is 0 Å². The molecule has 0 saturated carbocycles. The highest BCUT2D eigenvalue weighted by Gasteiger charge is 2.43. The van der Waals surface area contributed by atoms with E-state index in [0.717, 1.165) is 9.87 Å². The van der Waals surface area contributed by atoms with Gasteiger partial charge in [-0.25, -0.2) is 13.2 Å². The van der Waals surface area contributed by atoms with Crippen molar-refractivity contribution in [2.75, 3.05) is 9.21 Å². The molecule has 0 aliphatic carbocycles. The van der Waals surface area contributed by atoms with Crippen LogP contribution in [-0.2, 0) is 23.0 Å². The number of hydrogen-bond donors (Lipinski definition) is 0. The molecular formula is C22H19N3O5S. The van der Waals surface area contributed by atoms with Crippen LogP contribution in [0, 0.1) is 10.1 Å². The number of carbonyl (C=O) groups excluding carboxylic acids is 1. The number of rotatable bonds is 5. The topological polar surface area (TPSA) is 101 Å². The van der Waals surface area contributed by atoms with Crippen molar-refractivity contribution in [3.8, 4) is 0 Å². The maximum absolute atomic E-state index is 13.5. The Balaban J connectivity index is 1.83. The predicted octanol–water partition coefficient (Wildman–Crippen LogP) is 4.49. The average molecular weight is 437 g/mol. The zero-order valence-electron chi connectivity index (χ0n) is 16.6. The largest absolute Gasteiger partial charge is 0.343 e. The maximum atomic E-state index is 13.5. The van der Waals surface area contributed by atoms with Crippen molar-refractivity contribution in [1.82, 2.24) is 0 Å². The molecule has 1 aliphatic heterocycles. The van der Waals surface area contributed by atoms with Gasteiger partial charge >= 0.3 is 6.03 Å². The lowest BCUT2D eigenvalue weighted by atomic mass is 10.1. The number of nitro benzene ring substituents is 1. The second-order valence-corrected chi connectivity index (χ2v) is 8.77. The Morgan fingerprint density at radius 2 is 1.52 bits per heavy atom. The molecule has 0 radical (unpaired) electrons. The fraction of sp³-hybridized carbons (Fsp3) is 0.136. The Morgan fingerprint density at radius 3 is 2.16 bits per heavy atom. The molecule has 8 nitrogen and oxygen atoms in total. The van der Waals surface area contributed by atoms with Crippen molar-refractivity contribution in [3.05, 3.63) is 94.0 Å². The van der Waals surface area contributed by atoms with Crippen LogP contribution in [0.15, 0.2) is 77.7 Å². The second-order valence-electron chi connectivity index (χ2n) is 7.01. The number of sulfonamides is 1. The molecular weight excluding hydrogens is 418 g/mol. The normalized spacial score (nSPS) is 14.9. The second kappa shape index (κ2) is 7.84. The summed E-state index contributed by atoms with van der Waals surface area (Å²) in [6, 6.07) is 18.4. The lowest BCUT2D eigenvalue weighted by Gasteiger charge is -2.37. The molecule has 0 aromatic heterocycles. The van der Waals surface area contributed by atoms with Crippen molar-refractivity contribution >= 4 is 33.1 Å². The highest BCUT2D eigenvalue weighted by atomic mass is 32.2. The molecule has 2 amide bonds. The summed E-state index contributed by atoms with van der Waals surface area (Å²) in [5.74, 6) is 0. The molecule has 0 bridgehead atoms. The van der Waals surface area contributed by atoms with Crippen LogP contribution in [0.1, 0.15) is 18.1 Å². The number of anilines is 2. The smallest absolute Gasteiger partial charge is 0.287 e. The van der Waals surface area contributed by atoms with Crippen LogP contribution in [0.2, 0.25) is 0 Å². The summed E-state index contributed by atoms with van der Waals surface area (Å²) in [6.45, 7) is 1.95. The summed E-state index contributed by atoms with van der Waals surface area (Å²) in [5.41, 5.74) is 1.90. The molecule has 0 fully saturated rings. The van der Waals surface area contributed by atoms with Crippen molar-refractivity contribution in [1.29, 1.82) is 0 Å². The first-order valence-corrected chi connectivity index (χ1v) is 11.1. The monoisotopic (exact) mass is 437 g/mol. The summed E-state index contributed by atoms with van der Waals surface area (Å²) < 4.78 is 27.7. The van der Waals surface area contributed by atoms with E-state index in [1.165, 1.54) is 23.1 Å². The van der Waals surface area contributed by atoms with Crippen molar-refractivity contribution < 1.29 is 18.1 Å². The van der Waals surface area contributed by atoms with Gasteiger partial charge in [0.2, 0.25) is 0 Å². The summed E-state index contributed by atoms with van der Waals surface area (Å²) in [4.78, 5) is 25.3. The lowest BCUT2D eigenvalue weighted by Crippen LogP contribution is -2.51. The molecule has 0 spiro atoms. The first-order valence-electron chi connectivity index (χ1n) is 9.61. The molecule has 158 valence electrons. The highest BCUT2D eigenvalue weighted by Crippen LogP contribution is 2.39. The van der Waals surface area contributed by atoms with Gasteiger partial charge in [-0.2, -0.15) is 4.31 Å². The van der Waals surface area contributed by atoms with Gasteiger partial charge in [0.15, 0.2) is 0 Å². The van der Waals surface area contributed by atoms with Crippen molar-refractivity contribution in [3.63, 3.8) is 0 Å². The third-order valence-corrected chi connectivity index (χ3v) is 6.89. The number of benzene rings is 3. The minimum atomic E-state index is -4.11. The van der Waals surface area contributed by atoms with E-state index in [4.69, 9.17) is 0 Å². The predicted molar refractivity (Wildman–Crippen MR) is 117 cm³/mol. The first kappa shape index (κ1) is 20.5. The number of nitro groups is 1. The highest BCUT2D eigenvalue weighted by molar-refractivity contribution is 7.94. The van der Waals surface area contributed by atoms with Gasteiger partial charge in [0, 0.05) is 12.1 Å². The molecule has 3 aromatic carbocycles. The van der Waals surface area contributed by atoms with E-state index < -0.39 is 21.0 Å². The number of para-hydroxylation sites is 2. The van der Waals surface area contributed by atoms with Gasteiger partial charge in [-0.3, -0.25) is 15.0 Å². The summed E-state index contributed by atoms with van der Waals surface area (Å²) in [5, 5.41) is 10.9. The van der Waals surface area contributed by atoms with Gasteiger partial charge < -0.3 is 0 Å². The minimum Gasteiger partial charge on any atom is -0.287 e. The molecule has 9 heteroatoms. The number of carbonyl (C=O) groups is 1. The Hall–Kier alpha value is -3.72. The van der Waals surface area contributed by atoms with Crippen molar-refractivity contribution in [2.24, 2.45) is 0 Å². The summed E-state index contributed by atoms with van der Waals surface area (Å²) >= 11 is 0. The molecule has 0 saturated heterocycles. The SMILES string of the molecule is CCc1ccccc1N1C(=O)N(Cc2ccc([N+](=O)[O-])cc2)c2ccccc2S1(=O)=O. The van der Waals surface area contributed by atoms with Crippen LogP contribution in [-0.4, -0.2) is 19.4 Å². The molecule has 3 aromatic rings. The molecule has 0 atom stereocenters. The van der Waals surface area contributed by atoms with Crippen LogP contribution in [0.25, 0.3) is 0 Å². The average Bonchev–Trinajstić information content (AvgIpc) is 2.77. The zero-order valence-corrected chi connectivity index (χ0v) is 17.5. The van der Waals surface area contributed by atoms with E-state index in [-0.39, 0.29) is 22.8 Å². The molecule has 31 heavy (non-hydrogen) atoms. The van der Waals surface area contributed by atoms with Gasteiger partial charge in [0.25, 0.3) is 15.7 Å². The number of non-ortho nitro benzene ring substituents is 1. The molecule has 0 unspecified atom stereocenters. The van der Waals surface area contributed by atoms with Crippen LogP contribution >= 0.6 is 0 Å². The van der Waals surface area contributed by atoms with Gasteiger partial charge in [-0.15, -0.1) is 0 Å². The number of hydrogen-bond acceptors (Lipinski definition) is 5. The molecule has 0 N–H and O–H groups in total. The van der Waals surface area contributed by atoms with Crippen LogP contribution in [0.3, 0.4) is 0 Å². The molecule has 4 rings (SSSR count). The standard InChI is InChI=1S/C22H19N3O5S/c1-2-17-7-3-4-8-19(17)24-22(26)23(15-16-11-13-18(14-12-16)25(27)28)20-9-5-6-10-21(20)31(24,29)30/h3-14H,2,15H2,1H3. The number of urea groups is 1. The van der Waals surface area contributed by atoms with E-state index in [1.54, 1.807) is 54.6 Å². The fourth-order valence-electron chi connectivity index (χ4n) is 3.61. The van der Waals surface area contributed by atoms with E-state index in [2.05, 4.69) is 0 Å². The third kappa shape index (κ3) is 3.53. The lowest BCUT2D eigenvalue weighted by molar-refractivity contribution is -0.384. The number of nitrogens with zero attached hydrogens (tertiary/aromatic N) is 3. The van der Waals surface area contributed by atoms with Gasteiger partial charge in [-0.1, -0.05) is 49.4 Å². The number of aryl methyl sites for hydroxylation is 1. The van der Waals surface area contributed by atoms with Crippen molar-refractivity contribution in [2.45, 2.75) is 24.8 Å². The Kier molecular flexibility index (Phi) is 5.20. The zero-order chi connectivity index (χ0) is 22.2. The Morgan fingerprint density at radius 1 is 0.903 bits per heavy atom. The molecule has 1 aliphatic rings. The maximum Gasteiger partial charge on any atom is 0.343 e. The van der Waals surface area contributed by atoms with Gasteiger partial charge in [0.05, 0.1) is 22.8 Å². The molecule has 1 heterocycles. The van der Waals surface area contributed by atoms with Gasteiger partial charge in [-0.05, 0) is 35.7 Å². The van der Waals surface area contributed by atoms with Crippen LogP contribution in [0.4, 0.5) is 21.9 Å². The van der Waals surface area contributed by atoms with E-state index in [9.17, 15) is 23.3 Å².